The van der Waals surface area contributed by atoms with Crippen LogP contribution in [0.4, 0.5) is 0 Å². The SMILES string of the molecule is CC(C)C[C@H](NC(=O)[C@H](CCC(=O)O)NC(=O)[C@H](CCCCN)NC(=O)[C@H](CC(N)=O)NC(=O)[C@H](CC(C)C)NC(=O)[C@H](CCC(=O)O)NC(=O)[C@H](CO)NC(=O)[C@H](CC(C)C)NC(=O)[C@@H](N)Cc1ccccc1)C(=O)N[C@@H](CCC(=O)O)C(=O)N[C@@H](C)C(=O)N[C@@H](CCC(=O)O)C(=O)O. The molecule has 0 aliphatic heterocycles. The average Bonchev–Trinajstić information content (AvgIpc) is 0.870. The maximum absolute atomic E-state index is 14.3. The highest BCUT2D eigenvalue weighted by Crippen LogP contribution is 2.14. The molecule has 0 saturated carbocycles. The number of nitrogens with two attached hydrogens (primary N) is 3. The molecule has 1 aromatic carbocycles. The maximum Gasteiger partial charge on any atom is 0.326 e. The van der Waals surface area contributed by atoms with Crippen LogP contribution in [0, 0.1) is 17.8 Å². The minimum Gasteiger partial charge on any atom is -0.481 e. The second-order valence-corrected chi connectivity index (χ2v) is 25.2. The molecule has 0 bridgehead atoms. The van der Waals surface area contributed by atoms with Crippen LogP contribution in [-0.4, -0.2) is 217 Å². The fourth-order valence-electron chi connectivity index (χ4n) is 9.70. The van der Waals surface area contributed by atoms with E-state index in [0.29, 0.717) is 0 Å². The summed E-state index contributed by atoms with van der Waals surface area (Å²) in [5.41, 5.74) is 18.1. The van der Waals surface area contributed by atoms with Crippen molar-refractivity contribution in [3.8, 4) is 0 Å². The standard InChI is InChI=1S/C63H100N14O23/c1-31(2)25-42(73-53(89)36(65)28-35-13-9-8-10-14-35)60(96)77-46(30-78)62(98)71-40(18-22-50(84)85)57(93)75-44(27-33(5)6)59(95)76-45(29-47(66)79)61(97)68-37(15-11-12-24-64)55(91)69-39(17-21-49(82)83)56(92)74-43(26-32(3)4)58(94)70-38(16-20-48(80)81)54(90)67-34(7)52(88)72-41(63(99)100)19-23-51(86)87/h8-10,13-14,31-34,36-46,78H,11-12,15-30,64-65H2,1-7H3,(H2,66,79)(H,67,90)(H,68,97)(H,69,91)(H,70,94)(H,71,98)(H,72,88)(H,73,89)(H,74,92)(H,75,93)(H,76,95)(H,77,96)(H,80,81)(H,82,83)(H,84,85)(H,86,87)(H,99,100)/t34-,36-,37-,38-,39-,40-,41-,42-,43-,44-,45-,46-/m0/s1. The van der Waals surface area contributed by atoms with Crippen LogP contribution in [0.2, 0.25) is 0 Å². The Bertz CT molecular complexity index is 2990. The molecular formula is C63H100N14O23. The summed E-state index contributed by atoms with van der Waals surface area (Å²) in [4.78, 5) is 223. The van der Waals surface area contributed by atoms with Gasteiger partial charge in [-0.15, -0.1) is 0 Å². The Kier molecular flexibility index (Phi) is 40.2. The Labute approximate surface area is 577 Å². The first-order valence-electron chi connectivity index (χ1n) is 32.6. The highest BCUT2D eigenvalue weighted by molar-refractivity contribution is 6.00. The summed E-state index contributed by atoms with van der Waals surface area (Å²) in [5, 5.41) is 83.3. The molecule has 0 heterocycles. The molecule has 1 aromatic rings. The first-order valence-corrected chi connectivity index (χ1v) is 32.6. The first kappa shape index (κ1) is 88.1. The third kappa shape index (κ3) is 35.6. The van der Waals surface area contributed by atoms with E-state index in [1.165, 1.54) is 0 Å². The van der Waals surface area contributed by atoms with Gasteiger partial charge in [-0.1, -0.05) is 71.9 Å². The van der Waals surface area contributed by atoms with E-state index in [2.05, 4.69) is 58.5 Å². The Balaban J connectivity index is 3.59. The smallest absolute Gasteiger partial charge is 0.326 e. The fourth-order valence-corrected chi connectivity index (χ4v) is 9.70. The number of benzene rings is 1. The Hall–Kier alpha value is -9.91. The predicted octanol–water partition coefficient (Wildman–Crippen LogP) is -4.41. The van der Waals surface area contributed by atoms with Crippen LogP contribution in [0.5, 0.6) is 0 Å². The van der Waals surface area contributed by atoms with Crippen molar-refractivity contribution in [2.45, 2.75) is 224 Å². The van der Waals surface area contributed by atoms with Gasteiger partial charge in [-0.3, -0.25) is 76.7 Å². The number of unbranched alkanes of at least 4 members (excludes halogenated alkanes) is 1. The molecule has 0 unspecified atom stereocenters. The van der Waals surface area contributed by atoms with Crippen molar-refractivity contribution >= 4 is 101 Å². The number of aliphatic hydroxyl groups is 1. The molecule has 0 spiro atoms. The molecule has 23 N–H and O–H groups in total. The molecule has 0 saturated heterocycles. The van der Waals surface area contributed by atoms with Crippen LogP contribution < -0.4 is 75.7 Å². The molecule has 0 aromatic heterocycles. The van der Waals surface area contributed by atoms with Gasteiger partial charge >= 0.3 is 29.8 Å². The number of rotatable bonds is 50. The highest BCUT2D eigenvalue weighted by Gasteiger charge is 2.38. The van der Waals surface area contributed by atoms with Gasteiger partial charge in [0.25, 0.3) is 0 Å². The number of primary amides is 1. The number of carboxylic acids is 5. The summed E-state index contributed by atoms with van der Waals surface area (Å²) in [6.07, 6.45) is -6.54. The Morgan fingerprint density at radius 2 is 0.670 bits per heavy atom. The van der Waals surface area contributed by atoms with Crippen molar-refractivity contribution < 1.29 is 112 Å². The second-order valence-electron chi connectivity index (χ2n) is 25.2. The number of nitrogens with one attached hydrogen (secondary N) is 11. The fraction of sp³-hybridized carbons (Fsp3) is 0.635. The normalized spacial score (nSPS) is 14.7. The van der Waals surface area contributed by atoms with E-state index in [1.54, 1.807) is 71.9 Å². The van der Waals surface area contributed by atoms with Gasteiger partial charge < -0.3 is 106 Å². The molecule has 12 atom stereocenters. The van der Waals surface area contributed by atoms with Crippen LogP contribution in [0.3, 0.4) is 0 Å². The zero-order valence-electron chi connectivity index (χ0n) is 57.1. The zero-order chi connectivity index (χ0) is 76.1. The average molecular weight is 1420 g/mol. The van der Waals surface area contributed by atoms with E-state index < -0.39 is 249 Å². The maximum atomic E-state index is 14.3. The van der Waals surface area contributed by atoms with Crippen LogP contribution in [0.1, 0.15) is 150 Å². The lowest BCUT2D eigenvalue weighted by molar-refractivity contribution is -0.143. The summed E-state index contributed by atoms with van der Waals surface area (Å²) < 4.78 is 0. The van der Waals surface area contributed by atoms with Crippen molar-refractivity contribution in [1.29, 1.82) is 0 Å². The number of carbonyl (C=O) groups is 17. The Morgan fingerprint density at radius 1 is 0.370 bits per heavy atom. The van der Waals surface area contributed by atoms with Gasteiger partial charge in [0.15, 0.2) is 0 Å². The summed E-state index contributed by atoms with van der Waals surface area (Å²) in [6.45, 7) is 10.1. The van der Waals surface area contributed by atoms with Crippen molar-refractivity contribution in [3.05, 3.63) is 35.9 Å². The van der Waals surface area contributed by atoms with Crippen LogP contribution in [0.15, 0.2) is 30.3 Å². The van der Waals surface area contributed by atoms with E-state index in [4.69, 9.17) is 22.3 Å². The molecule has 12 amide bonds. The molecule has 0 aliphatic carbocycles. The molecular weight excluding hydrogens is 1320 g/mol. The predicted molar refractivity (Wildman–Crippen MR) is 352 cm³/mol. The molecule has 0 fully saturated rings. The van der Waals surface area contributed by atoms with Gasteiger partial charge in [-0.2, -0.15) is 0 Å². The van der Waals surface area contributed by atoms with E-state index in [-0.39, 0.29) is 57.4 Å². The number of carboxylic acid groups (broad SMARTS) is 5. The first-order chi connectivity index (χ1) is 46.8. The number of aliphatic hydroxyl groups excluding tert-OH is 1. The van der Waals surface area contributed by atoms with Gasteiger partial charge in [-0.05, 0) is 107 Å². The minimum absolute atomic E-state index is 0.0439. The van der Waals surface area contributed by atoms with Gasteiger partial charge in [-0.25, -0.2) is 4.79 Å². The quantitative estimate of drug-likeness (QED) is 0.0274. The lowest BCUT2D eigenvalue weighted by atomic mass is 10.0. The topological polar surface area (TPSA) is 622 Å². The van der Waals surface area contributed by atoms with Crippen molar-refractivity contribution in [2.24, 2.45) is 35.0 Å². The van der Waals surface area contributed by atoms with E-state index in [1.807, 2.05) is 0 Å². The lowest BCUT2D eigenvalue weighted by Crippen LogP contribution is -2.61. The third-order valence-electron chi connectivity index (χ3n) is 14.9. The number of hydrogen-bond donors (Lipinski definition) is 20. The molecule has 0 radical (unpaired) electrons. The molecule has 100 heavy (non-hydrogen) atoms. The van der Waals surface area contributed by atoms with Crippen molar-refractivity contribution in [3.63, 3.8) is 0 Å². The van der Waals surface area contributed by atoms with Gasteiger partial charge in [0.1, 0.15) is 66.5 Å². The van der Waals surface area contributed by atoms with Gasteiger partial charge in [0, 0.05) is 25.7 Å². The summed E-state index contributed by atoms with van der Waals surface area (Å²) in [6, 6.07) is -10.9. The minimum atomic E-state index is -1.94. The largest absolute Gasteiger partial charge is 0.481 e. The molecule has 37 nitrogen and oxygen atoms in total. The summed E-state index contributed by atoms with van der Waals surface area (Å²) in [7, 11) is 0. The van der Waals surface area contributed by atoms with Crippen LogP contribution in [-0.2, 0) is 87.9 Å². The number of aliphatic carboxylic acids is 5. The summed E-state index contributed by atoms with van der Waals surface area (Å²) >= 11 is 0. The monoisotopic (exact) mass is 1420 g/mol. The number of hydrogen-bond acceptors (Lipinski definition) is 20. The van der Waals surface area contributed by atoms with E-state index in [9.17, 15) is 107 Å². The summed E-state index contributed by atoms with van der Waals surface area (Å²) in [5.74, 6) is -21.7. The molecule has 1 rings (SSSR count). The highest BCUT2D eigenvalue weighted by atomic mass is 16.4. The number of amides is 12. The van der Waals surface area contributed by atoms with Gasteiger partial charge in [0.2, 0.25) is 70.9 Å². The number of carbonyl (C=O) groups excluding carboxylic acids is 12. The van der Waals surface area contributed by atoms with Crippen molar-refractivity contribution in [2.75, 3.05) is 13.2 Å². The lowest BCUT2D eigenvalue weighted by Gasteiger charge is -2.28. The Morgan fingerprint density at radius 3 is 1.02 bits per heavy atom. The molecule has 0 aliphatic rings. The van der Waals surface area contributed by atoms with Gasteiger partial charge in [0.05, 0.1) is 19.1 Å². The van der Waals surface area contributed by atoms with E-state index in [0.717, 1.165) is 12.5 Å². The third-order valence-corrected chi connectivity index (χ3v) is 14.9. The second kappa shape index (κ2) is 45.6. The van der Waals surface area contributed by atoms with Crippen LogP contribution in [0.25, 0.3) is 0 Å². The van der Waals surface area contributed by atoms with Crippen molar-refractivity contribution in [1.82, 2.24) is 58.5 Å². The molecule has 560 valence electrons. The van der Waals surface area contributed by atoms with E-state index >= 15 is 0 Å². The molecule has 37 heteroatoms. The van der Waals surface area contributed by atoms with Crippen LogP contribution >= 0.6 is 0 Å². The zero-order valence-corrected chi connectivity index (χ0v) is 57.1.